The Kier molecular flexibility index (Phi) is 3.98. The highest BCUT2D eigenvalue weighted by Gasteiger charge is 2.48. The van der Waals surface area contributed by atoms with E-state index < -0.39 is 0 Å². The van der Waals surface area contributed by atoms with Crippen molar-refractivity contribution in [3.05, 3.63) is 48.3 Å². The Labute approximate surface area is 170 Å². The molecule has 7 heteroatoms. The number of hydrogen-bond acceptors (Lipinski definition) is 3. The fraction of sp³-hybridized carbons (Fsp3) is 0.300. The summed E-state index contributed by atoms with van der Waals surface area (Å²) in [4.78, 5) is 15.0. The van der Waals surface area contributed by atoms with Crippen LogP contribution in [0.3, 0.4) is 0 Å². The molecule has 3 heterocycles. The number of amides is 1. The summed E-state index contributed by atoms with van der Waals surface area (Å²) in [6.07, 6.45) is 1.81. The van der Waals surface area contributed by atoms with Crippen LogP contribution < -0.4 is 10.2 Å². The molecule has 2 aliphatic heterocycles. The summed E-state index contributed by atoms with van der Waals surface area (Å²) < 4.78 is 15.1. The summed E-state index contributed by atoms with van der Waals surface area (Å²) in [5.41, 5.74) is 3.30. The molecule has 1 atom stereocenters. The van der Waals surface area contributed by atoms with E-state index in [1.807, 2.05) is 23.1 Å². The summed E-state index contributed by atoms with van der Waals surface area (Å²) in [5.74, 6) is -0.0483. The minimum atomic E-state index is -0.268. The van der Waals surface area contributed by atoms with Gasteiger partial charge >= 0.3 is 0 Å². The zero-order valence-corrected chi connectivity index (χ0v) is 16.7. The maximum atomic E-state index is 13.3. The van der Waals surface area contributed by atoms with E-state index in [0.717, 1.165) is 60.3 Å². The van der Waals surface area contributed by atoms with Crippen LogP contribution in [0.4, 0.5) is 10.1 Å². The third-order valence-corrected chi connectivity index (χ3v) is 6.54. The fourth-order valence-electron chi connectivity index (χ4n) is 4.27. The van der Waals surface area contributed by atoms with Crippen molar-refractivity contribution in [3.8, 4) is 11.3 Å². The number of hydrogen-bond donors (Lipinski definition) is 1. The van der Waals surface area contributed by atoms with Gasteiger partial charge in [-0.3, -0.25) is 4.79 Å². The molecular formula is C20H18FIN4O. The maximum absolute atomic E-state index is 13.3. The number of fused-ring (bicyclic) bond motifs is 1. The van der Waals surface area contributed by atoms with Crippen molar-refractivity contribution < 1.29 is 9.18 Å². The lowest BCUT2D eigenvalue weighted by atomic mass is 9.86. The van der Waals surface area contributed by atoms with Crippen LogP contribution in [0.15, 0.2) is 42.5 Å². The highest BCUT2D eigenvalue weighted by atomic mass is 127. The molecule has 2 fully saturated rings. The van der Waals surface area contributed by atoms with Crippen molar-refractivity contribution >= 4 is 45.4 Å². The third-order valence-electron chi connectivity index (χ3n) is 5.81. The van der Waals surface area contributed by atoms with Gasteiger partial charge in [0.15, 0.2) is 0 Å². The van der Waals surface area contributed by atoms with Gasteiger partial charge in [0.25, 0.3) is 0 Å². The van der Waals surface area contributed by atoms with Crippen molar-refractivity contribution in [1.29, 1.82) is 0 Å². The first-order valence-corrected chi connectivity index (χ1v) is 10.0. The largest absolute Gasteiger partial charge is 0.316 e. The SMILES string of the molecule is O=C1N(c2ccc3c(c2)c(-c2ccc(F)cc2)nn3I)CC[C@]12CCNC2. The number of nitrogens with one attached hydrogen (secondary N) is 1. The van der Waals surface area contributed by atoms with E-state index in [-0.39, 0.29) is 17.1 Å². The van der Waals surface area contributed by atoms with Crippen LogP contribution in [-0.4, -0.2) is 33.5 Å². The molecule has 1 N–H and O–H groups in total. The van der Waals surface area contributed by atoms with Crippen molar-refractivity contribution in [1.82, 2.24) is 13.3 Å². The molecule has 5 nitrogen and oxygen atoms in total. The summed E-state index contributed by atoms with van der Waals surface area (Å²) >= 11 is 2.14. The van der Waals surface area contributed by atoms with Crippen LogP contribution in [-0.2, 0) is 4.79 Å². The average Bonchev–Trinajstić information content (AvgIpc) is 3.36. The number of nitrogens with zero attached hydrogens (tertiary/aromatic N) is 3. The lowest BCUT2D eigenvalue weighted by Crippen LogP contribution is -2.36. The van der Waals surface area contributed by atoms with Gasteiger partial charge in [-0.15, -0.1) is 0 Å². The number of carbonyl (C=O) groups excluding carboxylic acids is 1. The number of carbonyl (C=O) groups is 1. The van der Waals surface area contributed by atoms with Gasteiger partial charge in [-0.1, -0.05) is 0 Å². The van der Waals surface area contributed by atoms with Crippen LogP contribution in [0.25, 0.3) is 22.2 Å². The molecule has 1 aromatic heterocycles. The van der Waals surface area contributed by atoms with Crippen molar-refractivity contribution in [2.75, 3.05) is 24.5 Å². The molecule has 1 amide bonds. The Morgan fingerprint density at radius 3 is 2.70 bits per heavy atom. The van der Waals surface area contributed by atoms with Gasteiger partial charge in [-0.2, -0.15) is 5.10 Å². The first-order chi connectivity index (χ1) is 13.1. The monoisotopic (exact) mass is 476 g/mol. The lowest BCUT2D eigenvalue weighted by molar-refractivity contribution is -0.124. The van der Waals surface area contributed by atoms with E-state index in [2.05, 4.69) is 33.3 Å². The molecule has 2 saturated heterocycles. The standard InChI is InChI=1S/C20H18FIN4O/c21-14-3-1-13(2-4-14)18-16-11-15(5-6-17(16)26(22)24-18)25-10-8-20(19(25)27)7-9-23-12-20/h1-6,11,23H,7-10,12H2/t20-/m0/s1. The second-order valence-electron chi connectivity index (χ2n) is 7.33. The van der Waals surface area contributed by atoms with Gasteiger partial charge in [-0.25, -0.2) is 7.29 Å². The number of aromatic nitrogens is 2. The molecule has 27 heavy (non-hydrogen) atoms. The molecule has 0 radical (unpaired) electrons. The smallest absolute Gasteiger partial charge is 0.234 e. The minimum absolute atomic E-state index is 0.219. The zero-order valence-electron chi connectivity index (χ0n) is 14.6. The summed E-state index contributed by atoms with van der Waals surface area (Å²) in [6, 6.07) is 12.4. The predicted octanol–water partition coefficient (Wildman–Crippen LogP) is 3.76. The lowest BCUT2D eigenvalue weighted by Gasteiger charge is -2.22. The Morgan fingerprint density at radius 1 is 1.15 bits per heavy atom. The number of benzene rings is 2. The van der Waals surface area contributed by atoms with E-state index in [1.54, 1.807) is 15.0 Å². The van der Waals surface area contributed by atoms with E-state index >= 15 is 0 Å². The molecular weight excluding hydrogens is 458 g/mol. The van der Waals surface area contributed by atoms with Gasteiger partial charge in [0, 0.05) is 29.7 Å². The average molecular weight is 476 g/mol. The molecule has 0 aliphatic carbocycles. The second-order valence-corrected chi connectivity index (χ2v) is 8.24. The van der Waals surface area contributed by atoms with Gasteiger partial charge in [0.05, 0.1) is 33.8 Å². The fourth-order valence-corrected chi connectivity index (χ4v) is 4.90. The molecule has 1 spiro atoms. The third kappa shape index (κ3) is 2.67. The Morgan fingerprint density at radius 2 is 1.96 bits per heavy atom. The van der Waals surface area contributed by atoms with Crippen LogP contribution >= 0.6 is 22.9 Å². The van der Waals surface area contributed by atoms with Crippen LogP contribution in [0.5, 0.6) is 0 Å². The van der Waals surface area contributed by atoms with E-state index in [9.17, 15) is 9.18 Å². The zero-order chi connectivity index (χ0) is 18.6. The highest BCUT2D eigenvalue weighted by Crippen LogP contribution is 2.41. The molecule has 0 bridgehead atoms. The minimum Gasteiger partial charge on any atom is -0.316 e. The molecule has 5 rings (SSSR count). The number of rotatable bonds is 2. The molecule has 2 aliphatic rings. The maximum Gasteiger partial charge on any atom is 0.234 e. The second kappa shape index (κ2) is 6.27. The topological polar surface area (TPSA) is 50.2 Å². The Hall–Kier alpha value is -2.00. The Bertz CT molecular complexity index is 1040. The van der Waals surface area contributed by atoms with E-state index in [0.29, 0.717) is 0 Å². The highest BCUT2D eigenvalue weighted by molar-refractivity contribution is 14.1. The van der Waals surface area contributed by atoms with Gasteiger partial charge < -0.3 is 10.2 Å². The predicted molar refractivity (Wildman–Crippen MR) is 111 cm³/mol. The van der Waals surface area contributed by atoms with Crippen molar-refractivity contribution in [2.24, 2.45) is 5.41 Å². The first kappa shape index (κ1) is 17.1. The van der Waals surface area contributed by atoms with Gasteiger partial charge in [0.2, 0.25) is 5.91 Å². The molecule has 2 aromatic carbocycles. The van der Waals surface area contributed by atoms with Crippen LogP contribution in [0, 0.1) is 11.2 Å². The summed E-state index contributed by atoms with van der Waals surface area (Å²) in [6.45, 7) is 2.43. The van der Waals surface area contributed by atoms with Gasteiger partial charge in [-0.05, 0) is 61.9 Å². The van der Waals surface area contributed by atoms with Crippen LogP contribution in [0.1, 0.15) is 12.8 Å². The summed E-state index contributed by atoms with van der Waals surface area (Å²) in [5, 5.41) is 8.91. The molecule has 3 aromatic rings. The van der Waals surface area contributed by atoms with E-state index in [4.69, 9.17) is 0 Å². The Balaban J connectivity index is 1.58. The van der Waals surface area contributed by atoms with Crippen molar-refractivity contribution in [2.45, 2.75) is 12.8 Å². The summed E-state index contributed by atoms with van der Waals surface area (Å²) in [7, 11) is 0. The normalized spacial score (nSPS) is 22.4. The molecule has 138 valence electrons. The number of halogens is 2. The molecule has 0 unspecified atom stereocenters. The number of anilines is 1. The van der Waals surface area contributed by atoms with Crippen LogP contribution in [0.2, 0.25) is 0 Å². The molecule has 0 saturated carbocycles. The quantitative estimate of drug-likeness (QED) is 0.574. The van der Waals surface area contributed by atoms with E-state index in [1.165, 1.54) is 12.1 Å². The first-order valence-electron chi connectivity index (χ1n) is 9.05. The van der Waals surface area contributed by atoms with Crippen molar-refractivity contribution in [3.63, 3.8) is 0 Å². The van der Waals surface area contributed by atoms with Gasteiger partial charge in [0.1, 0.15) is 11.5 Å².